The molecule has 3 nitrogen and oxygen atoms in total. The normalized spacial score (nSPS) is 18.2. The van der Waals surface area contributed by atoms with E-state index in [1.807, 2.05) is 24.3 Å². The molecule has 1 aromatic carbocycles. The van der Waals surface area contributed by atoms with Crippen molar-refractivity contribution in [3.8, 4) is 5.75 Å². The molecule has 0 spiro atoms. The van der Waals surface area contributed by atoms with Crippen LogP contribution in [0.1, 0.15) is 23.7 Å². The highest BCUT2D eigenvalue weighted by Gasteiger charge is 2.21. The third kappa shape index (κ3) is 1.84. The van der Waals surface area contributed by atoms with Gasteiger partial charge in [-0.15, -0.1) is 0 Å². The number of hydrogen-bond donors (Lipinski definition) is 2. The lowest BCUT2D eigenvalue weighted by molar-refractivity contribution is 0.473. The van der Waals surface area contributed by atoms with Crippen LogP contribution in [0.2, 0.25) is 0 Å². The fourth-order valence-corrected chi connectivity index (χ4v) is 2.31. The molecule has 17 heavy (non-hydrogen) atoms. The summed E-state index contributed by atoms with van der Waals surface area (Å²) in [6.45, 7) is 0. The number of aromatic nitrogens is 1. The highest BCUT2D eigenvalue weighted by Crippen LogP contribution is 2.37. The van der Waals surface area contributed by atoms with Crippen LogP contribution in [-0.2, 0) is 6.42 Å². The molecule has 3 rings (SSSR count). The van der Waals surface area contributed by atoms with Crippen LogP contribution in [0.25, 0.3) is 0 Å². The van der Waals surface area contributed by atoms with Gasteiger partial charge >= 0.3 is 0 Å². The summed E-state index contributed by atoms with van der Waals surface area (Å²) in [5.41, 5.74) is 3.06. The maximum Gasteiger partial charge on any atom is 0.138 e. The highest BCUT2D eigenvalue weighted by atomic mass is 16.3. The number of anilines is 1. The van der Waals surface area contributed by atoms with E-state index >= 15 is 0 Å². The number of fused-ring (bicyclic) bond motifs is 1. The van der Waals surface area contributed by atoms with Crippen molar-refractivity contribution >= 4 is 5.69 Å². The standard InChI is InChI=1S/C14H14N2O/c17-13-6-3-4-10-7-8-12(16-14(10)13)11-5-1-2-9-15-11/h1-6,9,12,16-17H,7-8H2. The summed E-state index contributed by atoms with van der Waals surface area (Å²) in [6.07, 6.45) is 3.78. The van der Waals surface area contributed by atoms with Gasteiger partial charge in [0.05, 0.1) is 17.4 Å². The van der Waals surface area contributed by atoms with E-state index in [0.29, 0.717) is 5.75 Å². The van der Waals surface area contributed by atoms with E-state index in [9.17, 15) is 5.11 Å². The second-order valence-corrected chi connectivity index (χ2v) is 4.30. The van der Waals surface area contributed by atoms with E-state index in [2.05, 4.69) is 16.4 Å². The molecule has 0 radical (unpaired) electrons. The van der Waals surface area contributed by atoms with Gasteiger partial charge in [-0.3, -0.25) is 4.98 Å². The van der Waals surface area contributed by atoms with Crippen molar-refractivity contribution in [2.45, 2.75) is 18.9 Å². The molecule has 2 aromatic rings. The summed E-state index contributed by atoms with van der Waals surface area (Å²) in [7, 11) is 0. The Labute approximate surface area is 100 Å². The van der Waals surface area contributed by atoms with Crippen molar-refractivity contribution in [3.63, 3.8) is 0 Å². The monoisotopic (exact) mass is 226 g/mol. The van der Waals surface area contributed by atoms with E-state index < -0.39 is 0 Å². The molecule has 0 saturated heterocycles. The summed E-state index contributed by atoms with van der Waals surface area (Å²) in [4.78, 5) is 4.36. The summed E-state index contributed by atoms with van der Waals surface area (Å²) in [5, 5.41) is 13.2. The van der Waals surface area contributed by atoms with Crippen LogP contribution < -0.4 is 5.32 Å². The minimum absolute atomic E-state index is 0.192. The van der Waals surface area contributed by atoms with Gasteiger partial charge in [0.2, 0.25) is 0 Å². The Morgan fingerprint density at radius 2 is 2.12 bits per heavy atom. The zero-order valence-corrected chi connectivity index (χ0v) is 9.43. The Kier molecular flexibility index (Phi) is 2.44. The second kappa shape index (κ2) is 4.09. The minimum atomic E-state index is 0.192. The van der Waals surface area contributed by atoms with E-state index in [1.165, 1.54) is 5.56 Å². The van der Waals surface area contributed by atoms with Crippen molar-refractivity contribution in [1.29, 1.82) is 0 Å². The van der Waals surface area contributed by atoms with Crippen molar-refractivity contribution in [3.05, 3.63) is 53.9 Å². The van der Waals surface area contributed by atoms with E-state index in [0.717, 1.165) is 24.2 Å². The van der Waals surface area contributed by atoms with Gasteiger partial charge in [-0.25, -0.2) is 0 Å². The Hall–Kier alpha value is -2.03. The van der Waals surface area contributed by atoms with Gasteiger partial charge in [0.15, 0.2) is 0 Å². The lowest BCUT2D eigenvalue weighted by atomic mass is 9.95. The number of para-hydroxylation sites is 1. The number of nitrogens with one attached hydrogen (secondary N) is 1. The Bertz CT molecular complexity index is 525. The third-order valence-electron chi connectivity index (χ3n) is 3.19. The number of aromatic hydroxyl groups is 1. The van der Waals surface area contributed by atoms with Crippen LogP contribution >= 0.6 is 0 Å². The average Bonchev–Trinajstić information content (AvgIpc) is 2.40. The lowest BCUT2D eigenvalue weighted by Crippen LogP contribution is -2.18. The predicted octanol–water partition coefficient (Wildman–Crippen LogP) is 2.89. The van der Waals surface area contributed by atoms with E-state index in [1.54, 1.807) is 12.3 Å². The lowest BCUT2D eigenvalue weighted by Gasteiger charge is -2.27. The minimum Gasteiger partial charge on any atom is -0.506 e. The molecule has 1 aromatic heterocycles. The number of phenols is 1. The summed E-state index contributed by atoms with van der Waals surface area (Å²) < 4.78 is 0. The predicted molar refractivity (Wildman–Crippen MR) is 67.0 cm³/mol. The van der Waals surface area contributed by atoms with Gasteiger partial charge in [-0.2, -0.15) is 0 Å². The van der Waals surface area contributed by atoms with Gasteiger partial charge in [0.25, 0.3) is 0 Å². The molecule has 1 unspecified atom stereocenters. The van der Waals surface area contributed by atoms with Crippen molar-refractivity contribution in [1.82, 2.24) is 4.98 Å². The molecule has 1 aliphatic heterocycles. The van der Waals surface area contributed by atoms with Gasteiger partial charge in [-0.05, 0) is 36.6 Å². The van der Waals surface area contributed by atoms with E-state index in [4.69, 9.17) is 0 Å². The third-order valence-corrected chi connectivity index (χ3v) is 3.19. The molecular weight excluding hydrogens is 212 g/mol. The fourth-order valence-electron chi connectivity index (χ4n) is 2.31. The molecule has 1 atom stereocenters. The van der Waals surface area contributed by atoms with E-state index in [-0.39, 0.29) is 6.04 Å². The maximum atomic E-state index is 9.84. The van der Waals surface area contributed by atoms with Gasteiger partial charge in [0, 0.05) is 6.20 Å². The molecule has 0 bridgehead atoms. The Morgan fingerprint density at radius 3 is 2.94 bits per heavy atom. The van der Waals surface area contributed by atoms with Crippen LogP contribution in [0.4, 0.5) is 5.69 Å². The first-order valence-electron chi connectivity index (χ1n) is 5.83. The number of aryl methyl sites for hydroxylation is 1. The van der Waals surface area contributed by atoms with Gasteiger partial charge < -0.3 is 10.4 Å². The molecule has 0 amide bonds. The van der Waals surface area contributed by atoms with Crippen molar-refractivity contribution < 1.29 is 5.11 Å². The number of phenolic OH excluding ortho intramolecular Hbond substituents is 1. The van der Waals surface area contributed by atoms with Crippen LogP contribution in [0.5, 0.6) is 5.75 Å². The quantitative estimate of drug-likeness (QED) is 0.735. The zero-order chi connectivity index (χ0) is 11.7. The number of benzene rings is 1. The average molecular weight is 226 g/mol. The number of hydrogen-bond acceptors (Lipinski definition) is 3. The largest absolute Gasteiger partial charge is 0.506 e. The summed E-state index contributed by atoms with van der Waals surface area (Å²) in [6, 6.07) is 11.8. The van der Waals surface area contributed by atoms with Crippen LogP contribution in [0, 0.1) is 0 Å². The second-order valence-electron chi connectivity index (χ2n) is 4.30. The molecule has 0 fully saturated rings. The van der Waals surface area contributed by atoms with Gasteiger partial charge in [0.1, 0.15) is 5.75 Å². The molecule has 3 heteroatoms. The molecule has 2 heterocycles. The molecule has 86 valence electrons. The SMILES string of the molecule is Oc1cccc2c1NC(c1ccccn1)CC2. The molecule has 1 aliphatic rings. The highest BCUT2D eigenvalue weighted by molar-refractivity contribution is 5.63. The number of pyridine rings is 1. The Morgan fingerprint density at radius 1 is 1.18 bits per heavy atom. The molecule has 2 N–H and O–H groups in total. The molecular formula is C14H14N2O. The summed E-state index contributed by atoms with van der Waals surface area (Å²) in [5.74, 6) is 0.322. The Balaban J connectivity index is 1.93. The first-order valence-corrected chi connectivity index (χ1v) is 5.83. The van der Waals surface area contributed by atoms with Gasteiger partial charge in [-0.1, -0.05) is 18.2 Å². The summed E-state index contributed by atoms with van der Waals surface area (Å²) >= 11 is 0. The number of rotatable bonds is 1. The molecule has 0 saturated carbocycles. The van der Waals surface area contributed by atoms with Crippen LogP contribution in [0.15, 0.2) is 42.6 Å². The fraction of sp³-hybridized carbons (Fsp3) is 0.214. The molecule has 0 aliphatic carbocycles. The smallest absolute Gasteiger partial charge is 0.138 e. The first-order chi connectivity index (χ1) is 8.34. The topological polar surface area (TPSA) is 45.1 Å². The maximum absolute atomic E-state index is 9.84. The van der Waals surface area contributed by atoms with Crippen LogP contribution in [-0.4, -0.2) is 10.1 Å². The van der Waals surface area contributed by atoms with Crippen LogP contribution in [0.3, 0.4) is 0 Å². The van der Waals surface area contributed by atoms with Crippen molar-refractivity contribution in [2.75, 3.05) is 5.32 Å². The zero-order valence-electron chi connectivity index (χ0n) is 9.43. The first kappa shape index (κ1) is 10.1. The van der Waals surface area contributed by atoms with Crippen molar-refractivity contribution in [2.24, 2.45) is 0 Å². The number of nitrogens with zero attached hydrogens (tertiary/aromatic N) is 1.